The van der Waals surface area contributed by atoms with Crippen LogP contribution in [0.5, 0.6) is 0 Å². The highest BCUT2D eigenvalue weighted by atomic mass is 32.2. The second-order valence-corrected chi connectivity index (χ2v) is 9.13. The molecule has 1 amide bonds. The third-order valence-electron chi connectivity index (χ3n) is 4.50. The number of hydrogen-bond acceptors (Lipinski definition) is 6. The number of hydrogen-bond donors (Lipinski definition) is 0. The fourth-order valence-electron chi connectivity index (χ4n) is 3.06. The third-order valence-corrected chi connectivity index (χ3v) is 5.72. The minimum absolute atomic E-state index is 0.0303. The molecule has 2 aliphatic rings. The van der Waals surface area contributed by atoms with Gasteiger partial charge in [0, 0.05) is 7.05 Å². The van der Waals surface area contributed by atoms with Crippen LogP contribution in [0.2, 0.25) is 0 Å². The standard InChI is InChI=1S/C20H25F3N2O4S/c1-20(2,3)29-19(26)25(4)18-24-13-12(21)14(15(16(22)23)28-17(13)30-18)27-10-11-8-6-5-7-9-11/h5-9,12-17H,10H2,1-4H3/t12-,13-,14+,15+,17-/m1/s1. The summed E-state index contributed by atoms with van der Waals surface area (Å²) >= 11 is 0.922. The van der Waals surface area contributed by atoms with E-state index in [1.54, 1.807) is 45.0 Å². The molecule has 5 atom stereocenters. The van der Waals surface area contributed by atoms with Crippen LogP contribution in [0.4, 0.5) is 18.0 Å². The first-order valence-corrected chi connectivity index (χ1v) is 10.4. The van der Waals surface area contributed by atoms with Gasteiger partial charge in [-0.2, -0.15) is 0 Å². The molecule has 1 aromatic carbocycles. The molecule has 2 aliphatic heterocycles. The molecule has 0 spiro atoms. The lowest BCUT2D eigenvalue weighted by Gasteiger charge is -2.39. The molecule has 2 heterocycles. The van der Waals surface area contributed by atoms with Crippen molar-refractivity contribution in [1.29, 1.82) is 0 Å². The Morgan fingerprint density at radius 2 is 1.97 bits per heavy atom. The molecular weight excluding hydrogens is 421 g/mol. The van der Waals surface area contributed by atoms with E-state index in [1.165, 1.54) is 7.05 Å². The van der Waals surface area contributed by atoms with Crippen LogP contribution in [0, 0.1) is 0 Å². The second kappa shape index (κ2) is 9.15. The van der Waals surface area contributed by atoms with Gasteiger partial charge >= 0.3 is 6.09 Å². The second-order valence-electron chi connectivity index (χ2n) is 8.07. The summed E-state index contributed by atoms with van der Waals surface area (Å²) in [6.45, 7) is 5.11. The fourth-order valence-corrected chi connectivity index (χ4v) is 4.22. The summed E-state index contributed by atoms with van der Waals surface area (Å²) in [6.07, 6.45) is -8.65. The highest BCUT2D eigenvalue weighted by Crippen LogP contribution is 2.41. The van der Waals surface area contributed by atoms with E-state index in [0.29, 0.717) is 0 Å². The third kappa shape index (κ3) is 5.28. The first kappa shape index (κ1) is 22.9. The Labute approximate surface area is 177 Å². The van der Waals surface area contributed by atoms with Gasteiger partial charge in [-0.25, -0.2) is 18.0 Å². The summed E-state index contributed by atoms with van der Waals surface area (Å²) in [5, 5.41) is 0.152. The summed E-state index contributed by atoms with van der Waals surface area (Å²) in [6, 6.07) is 7.82. The Kier molecular flexibility index (Phi) is 6.98. The maximum absolute atomic E-state index is 15.2. The number of carbonyl (C=O) groups excluding carboxylic acids is 1. The van der Waals surface area contributed by atoms with Crippen molar-refractivity contribution in [3.8, 4) is 0 Å². The van der Waals surface area contributed by atoms with Gasteiger partial charge in [0.1, 0.15) is 29.3 Å². The van der Waals surface area contributed by atoms with Gasteiger partial charge in [-0.15, -0.1) is 0 Å². The average molecular weight is 446 g/mol. The van der Waals surface area contributed by atoms with Crippen LogP contribution in [0.1, 0.15) is 26.3 Å². The van der Waals surface area contributed by atoms with E-state index < -0.39 is 48.0 Å². The summed E-state index contributed by atoms with van der Waals surface area (Å²) < 4.78 is 58.7. The van der Waals surface area contributed by atoms with Crippen LogP contribution in [-0.2, 0) is 20.8 Å². The molecule has 1 saturated heterocycles. The molecule has 1 fully saturated rings. The first-order chi connectivity index (χ1) is 14.1. The van der Waals surface area contributed by atoms with Crippen molar-refractivity contribution >= 4 is 23.0 Å². The van der Waals surface area contributed by atoms with Gasteiger partial charge in [-0.05, 0) is 26.3 Å². The molecule has 0 aromatic heterocycles. The molecule has 0 bridgehead atoms. The molecule has 6 nitrogen and oxygen atoms in total. The van der Waals surface area contributed by atoms with E-state index in [1.807, 2.05) is 6.07 Å². The number of halogens is 3. The lowest BCUT2D eigenvalue weighted by molar-refractivity contribution is -0.199. The molecule has 3 rings (SSSR count). The number of fused-ring (bicyclic) bond motifs is 1. The van der Waals surface area contributed by atoms with Crippen molar-refractivity contribution in [2.45, 2.75) is 69.3 Å². The Bertz CT molecular complexity index is 775. The van der Waals surface area contributed by atoms with Crippen LogP contribution < -0.4 is 0 Å². The number of alkyl halides is 3. The lowest BCUT2D eigenvalue weighted by atomic mass is 9.99. The number of nitrogens with zero attached hydrogens (tertiary/aromatic N) is 2. The van der Waals surface area contributed by atoms with Crippen LogP contribution in [0.3, 0.4) is 0 Å². The number of amidine groups is 1. The maximum atomic E-state index is 15.2. The van der Waals surface area contributed by atoms with Crippen LogP contribution in [0.25, 0.3) is 0 Å². The Hall–Kier alpha value is -1.78. The molecule has 10 heteroatoms. The maximum Gasteiger partial charge on any atom is 0.416 e. The average Bonchev–Trinajstić information content (AvgIpc) is 3.10. The van der Waals surface area contributed by atoms with Gasteiger partial charge in [0.15, 0.2) is 11.3 Å². The Balaban J connectivity index is 1.73. The summed E-state index contributed by atoms with van der Waals surface area (Å²) in [4.78, 5) is 17.6. The highest BCUT2D eigenvalue weighted by molar-refractivity contribution is 8.14. The van der Waals surface area contributed by atoms with E-state index in [4.69, 9.17) is 14.2 Å². The molecule has 1 aromatic rings. The predicted octanol–water partition coefficient (Wildman–Crippen LogP) is 4.24. The van der Waals surface area contributed by atoms with Crippen molar-refractivity contribution in [2.75, 3.05) is 7.05 Å². The normalized spacial score (nSPS) is 28.8. The minimum Gasteiger partial charge on any atom is -0.443 e. The number of amides is 1. The SMILES string of the molecule is CN(C(=O)OC(C)(C)C)C1=N[C@@H]2[C@@H](F)[C@H](OCc3ccccc3)[C@@H](C(F)F)O[C@@H]2S1. The molecular formula is C20H25F3N2O4S. The predicted molar refractivity (Wildman–Crippen MR) is 107 cm³/mol. The molecule has 0 unspecified atom stereocenters. The van der Waals surface area contributed by atoms with E-state index in [2.05, 4.69) is 4.99 Å². The molecule has 0 saturated carbocycles. The lowest BCUT2D eigenvalue weighted by Crippen LogP contribution is -2.56. The quantitative estimate of drug-likeness (QED) is 0.693. The zero-order valence-electron chi connectivity index (χ0n) is 17.1. The van der Waals surface area contributed by atoms with Crippen molar-refractivity contribution in [3.63, 3.8) is 0 Å². The summed E-state index contributed by atoms with van der Waals surface area (Å²) in [7, 11) is 1.43. The topological polar surface area (TPSA) is 60.4 Å². The van der Waals surface area contributed by atoms with E-state index in [0.717, 1.165) is 22.2 Å². The van der Waals surface area contributed by atoms with Gasteiger partial charge < -0.3 is 14.2 Å². The van der Waals surface area contributed by atoms with Gasteiger partial charge in [0.05, 0.1) is 6.61 Å². The van der Waals surface area contributed by atoms with Crippen molar-refractivity contribution in [3.05, 3.63) is 35.9 Å². The molecule has 166 valence electrons. The van der Waals surface area contributed by atoms with Gasteiger partial charge in [-0.1, -0.05) is 42.1 Å². The monoisotopic (exact) mass is 446 g/mol. The van der Waals surface area contributed by atoms with Gasteiger partial charge in [-0.3, -0.25) is 9.89 Å². The minimum atomic E-state index is -2.93. The molecule has 0 aliphatic carbocycles. The fraction of sp³-hybridized carbons (Fsp3) is 0.600. The Morgan fingerprint density at radius 3 is 2.57 bits per heavy atom. The van der Waals surface area contributed by atoms with E-state index in [-0.39, 0.29) is 11.8 Å². The number of aliphatic imine (C=N–C) groups is 1. The first-order valence-electron chi connectivity index (χ1n) is 9.51. The highest BCUT2D eigenvalue weighted by Gasteiger charge is 2.54. The smallest absolute Gasteiger partial charge is 0.416 e. The Morgan fingerprint density at radius 1 is 1.30 bits per heavy atom. The van der Waals surface area contributed by atoms with E-state index >= 15 is 4.39 Å². The van der Waals surface area contributed by atoms with Crippen LogP contribution in [0.15, 0.2) is 35.3 Å². The van der Waals surface area contributed by atoms with Crippen molar-refractivity contribution in [2.24, 2.45) is 4.99 Å². The van der Waals surface area contributed by atoms with E-state index in [9.17, 15) is 13.6 Å². The van der Waals surface area contributed by atoms with Crippen molar-refractivity contribution in [1.82, 2.24) is 4.90 Å². The summed E-state index contributed by atoms with van der Waals surface area (Å²) in [5.41, 5.74) is -0.969. The number of benzene rings is 1. The van der Waals surface area contributed by atoms with Crippen molar-refractivity contribution < 1.29 is 32.2 Å². The zero-order chi connectivity index (χ0) is 22.1. The molecule has 0 radical (unpaired) electrons. The largest absolute Gasteiger partial charge is 0.443 e. The molecule has 0 N–H and O–H groups in total. The number of ether oxygens (including phenoxy) is 3. The van der Waals surface area contributed by atoms with Crippen LogP contribution >= 0.6 is 11.8 Å². The number of carbonyl (C=O) groups is 1. The molecule has 30 heavy (non-hydrogen) atoms. The van der Waals surface area contributed by atoms with Gasteiger partial charge in [0.25, 0.3) is 6.43 Å². The number of rotatable bonds is 4. The van der Waals surface area contributed by atoms with Crippen LogP contribution in [-0.4, -0.2) is 65.1 Å². The summed E-state index contributed by atoms with van der Waals surface area (Å²) in [5.74, 6) is 0. The zero-order valence-corrected chi connectivity index (χ0v) is 17.9. The van der Waals surface area contributed by atoms with Gasteiger partial charge in [0.2, 0.25) is 0 Å². The number of thioether (sulfide) groups is 1.